The maximum absolute atomic E-state index is 13.5. The van der Waals surface area contributed by atoms with Gasteiger partial charge in [0.05, 0.1) is 11.7 Å². The molecule has 0 radical (unpaired) electrons. The number of hydrogen-bond acceptors (Lipinski definition) is 4. The number of aryl methyl sites for hydroxylation is 1. The molecule has 0 bridgehead atoms. The van der Waals surface area contributed by atoms with Crippen LogP contribution >= 0.6 is 0 Å². The van der Waals surface area contributed by atoms with Gasteiger partial charge in [-0.2, -0.15) is 0 Å². The minimum atomic E-state index is -1.41. The molecule has 0 aliphatic rings. The summed E-state index contributed by atoms with van der Waals surface area (Å²) in [5, 5.41) is 23.0. The first-order valence-corrected chi connectivity index (χ1v) is 5.64. The largest absolute Gasteiger partial charge is 0.390 e. The lowest BCUT2D eigenvalue weighted by molar-refractivity contribution is 0.0141. The van der Waals surface area contributed by atoms with Crippen LogP contribution in [-0.4, -0.2) is 29.1 Å². The van der Waals surface area contributed by atoms with E-state index in [-0.39, 0.29) is 24.1 Å². The standard InChI is InChI=1S/C12H14FN3O3/c1-7-2-3-9(13)8(6-17)11(7)12(19)10(18)4-5-15-16-14/h2-3,6,10,12,18-19H,4-5H2,1H3. The first-order chi connectivity index (χ1) is 9.02. The molecule has 0 aliphatic carbocycles. The minimum Gasteiger partial charge on any atom is -0.390 e. The van der Waals surface area contributed by atoms with Crippen LogP contribution in [0.3, 0.4) is 0 Å². The Morgan fingerprint density at radius 2 is 2.21 bits per heavy atom. The van der Waals surface area contributed by atoms with Crippen molar-refractivity contribution in [2.45, 2.75) is 25.6 Å². The first kappa shape index (κ1) is 15.1. The molecule has 0 spiro atoms. The number of rotatable bonds is 6. The Labute approximate surface area is 109 Å². The van der Waals surface area contributed by atoms with E-state index in [4.69, 9.17) is 5.53 Å². The summed E-state index contributed by atoms with van der Waals surface area (Å²) in [5.74, 6) is -0.753. The average Bonchev–Trinajstić information content (AvgIpc) is 2.40. The number of aliphatic hydroxyl groups excluding tert-OH is 2. The molecule has 1 aromatic rings. The zero-order chi connectivity index (χ0) is 14.4. The molecule has 2 atom stereocenters. The molecule has 0 saturated heterocycles. The predicted octanol–water partition coefficient (Wildman–Crippen LogP) is 2.04. The molecule has 0 amide bonds. The summed E-state index contributed by atoms with van der Waals surface area (Å²) in [6, 6.07) is 2.54. The van der Waals surface area contributed by atoms with Gasteiger partial charge in [-0.25, -0.2) is 4.39 Å². The van der Waals surface area contributed by atoms with Gasteiger partial charge in [-0.15, -0.1) is 0 Å². The predicted molar refractivity (Wildman–Crippen MR) is 66.1 cm³/mol. The van der Waals surface area contributed by atoms with Crippen LogP contribution in [0.5, 0.6) is 0 Å². The molecule has 6 nitrogen and oxygen atoms in total. The van der Waals surface area contributed by atoms with Gasteiger partial charge in [0, 0.05) is 11.5 Å². The molecule has 0 aromatic heterocycles. The molecule has 19 heavy (non-hydrogen) atoms. The van der Waals surface area contributed by atoms with Crippen molar-refractivity contribution < 1.29 is 19.4 Å². The van der Waals surface area contributed by atoms with Crippen molar-refractivity contribution >= 4 is 6.29 Å². The van der Waals surface area contributed by atoms with Crippen molar-refractivity contribution in [3.63, 3.8) is 0 Å². The Balaban J connectivity index is 3.04. The Morgan fingerprint density at radius 1 is 1.53 bits per heavy atom. The van der Waals surface area contributed by atoms with Gasteiger partial charge in [-0.3, -0.25) is 4.79 Å². The fourth-order valence-electron chi connectivity index (χ4n) is 1.82. The van der Waals surface area contributed by atoms with E-state index in [9.17, 15) is 19.4 Å². The highest BCUT2D eigenvalue weighted by Gasteiger charge is 2.24. The van der Waals surface area contributed by atoms with Crippen molar-refractivity contribution in [1.82, 2.24) is 0 Å². The maximum atomic E-state index is 13.5. The monoisotopic (exact) mass is 267 g/mol. The smallest absolute Gasteiger partial charge is 0.153 e. The molecule has 1 rings (SSSR count). The fourth-order valence-corrected chi connectivity index (χ4v) is 1.82. The second kappa shape index (κ2) is 6.84. The summed E-state index contributed by atoms with van der Waals surface area (Å²) in [6.45, 7) is 1.60. The Morgan fingerprint density at radius 3 is 2.79 bits per heavy atom. The molecule has 0 aliphatic heterocycles. The third-order valence-electron chi connectivity index (χ3n) is 2.82. The van der Waals surface area contributed by atoms with Crippen molar-refractivity contribution in [2.24, 2.45) is 5.11 Å². The number of nitrogens with zero attached hydrogens (tertiary/aromatic N) is 3. The minimum absolute atomic E-state index is 0.000484. The second-order valence-electron chi connectivity index (χ2n) is 4.06. The van der Waals surface area contributed by atoms with Crippen LogP contribution in [0, 0.1) is 12.7 Å². The van der Waals surface area contributed by atoms with E-state index in [2.05, 4.69) is 10.0 Å². The van der Waals surface area contributed by atoms with Crippen molar-refractivity contribution in [2.75, 3.05) is 6.54 Å². The van der Waals surface area contributed by atoms with Crippen LogP contribution in [0.4, 0.5) is 4.39 Å². The molecule has 0 heterocycles. The van der Waals surface area contributed by atoms with E-state index >= 15 is 0 Å². The highest BCUT2D eigenvalue weighted by atomic mass is 19.1. The van der Waals surface area contributed by atoms with E-state index in [1.807, 2.05) is 0 Å². The quantitative estimate of drug-likeness (QED) is 0.356. The van der Waals surface area contributed by atoms with E-state index in [1.54, 1.807) is 6.92 Å². The topological polar surface area (TPSA) is 106 Å². The van der Waals surface area contributed by atoms with Gasteiger partial charge >= 0.3 is 0 Å². The number of carbonyl (C=O) groups excluding carboxylic acids is 1. The molecule has 1 aromatic carbocycles. The number of hydrogen-bond donors (Lipinski definition) is 2. The number of azide groups is 1. The van der Waals surface area contributed by atoms with E-state index in [0.717, 1.165) is 6.07 Å². The molecule has 7 heteroatoms. The van der Waals surface area contributed by atoms with E-state index < -0.39 is 18.0 Å². The highest BCUT2D eigenvalue weighted by molar-refractivity contribution is 5.78. The molecule has 0 saturated carbocycles. The van der Waals surface area contributed by atoms with Crippen LogP contribution in [0.15, 0.2) is 17.2 Å². The third kappa shape index (κ3) is 3.51. The SMILES string of the molecule is Cc1ccc(F)c(C=O)c1C(O)C(O)CCN=[N+]=[N-]. The maximum Gasteiger partial charge on any atom is 0.153 e. The lowest BCUT2D eigenvalue weighted by atomic mass is 9.93. The van der Waals surface area contributed by atoms with Crippen LogP contribution < -0.4 is 0 Å². The summed E-state index contributed by atoms with van der Waals surface area (Å²) in [5.41, 5.74) is 8.41. The van der Waals surface area contributed by atoms with E-state index in [1.165, 1.54) is 6.07 Å². The fraction of sp³-hybridized carbons (Fsp3) is 0.417. The van der Waals surface area contributed by atoms with Crippen molar-refractivity contribution in [3.8, 4) is 0 Å². The zero-order valence-electron chi connectivity index (χ0n) is 10.3. The Kier molecular flexibility index (Phi) is 5.44. The lowest BCUT2D eigenvalue weighted by Crippen LogP contribution is -2.21. The van der Waals surface area contributed by atoms with Gasteiger partial charge in [0.15, 0.2) is 6.29 Å². The van der Waals surface area contributed by atoms with Gasteiger partial charge < -0.3 is 10.2 Å². The Hall–Kier alpha value is -1.95. The lowest BCUT2D eigenvalue weighted by Gasteiger charge is -2.21. The van der Waals surface area contributed by atoms with Gasteiger partial charge in [0.25, 0.3) is 0 Å². The molecule has 102 valence electrons. The van der Waals surface area contributed by atoms with Crippen LogP contribution in [0.25, 0.3) is 10.4 Å². The summed E-state index contributed by atoms with van der Waals surface area (Å²) >= 11 is 0. The summed E-state index contributed by atoms with van der Waals surface area (Å²) in [4.78, 5) is 13.4. The van der Waals surface area contributed by atoms with Crippen molar-refractivity contribution in [1.29, 1.82) is 0 Å². The average molecular weight is 267 g/mol. The Bertz CT molecular complexity index is 515. The van der Waals surface area contributed by atoms with Crippen LogP contribution in [0.2, 0.25) is 0 Å². The molecular formula is C12H14FN3O3. The van der Waals surface area contributed by atoms with Gasteiger partial charge in [-0.05, 0) is 36.1 Å². The molecule has 2 unspecified atom stereocenters. The van der Waals surface area contributed by atoms with Gasteiger partial charge in [0.1, 0.15) is 11.9 Å². The van der Waals surface area contributed by atoms with E-state index in [0.29, 0.717) is 11.8 Å². The number of aliphatic hydroxyl groups is 2. The van der Waals surface area contributed by atoms with Gasteiger partial charge in [-0.1, -0.05) is 11.2 Å². The number of aldehydes is 1. The first-order valence-electron chi connectivity index (χ1n) is 5.64. The molecule has 0 fully saturated rings. The summed E-state index contributed by atoms with van der Waals surface area (Å²) in [7, 11) is 0. The second-order valence-corrected chi connectivity index (χ2v) is 4.06. The molecular weight excluding hydrogens is 253 g/mol. The number of benzene rings is 1. The highest BCUT2D eigenvalue weighted by Crippen LogP contribution is 2.27. The molecule has 2 N–H and O–H groups in total. The van der Waals surface area contributed by atoms with Gasteiger partial charge in [0.2, 0.25) is 0 Å². The van der Waals surface area contributed by atoms with Crippen LogP contribution in [-0.2, 0) is 0 Å². The summed E-state index contributed by atoms with van der Waals surface area (Å²) in [6.07, 6.45) is -2.34. The van der Waals surface area contributed by atoms with Crippen LogP contribution in [0.1, 0.15) is 34.0 Å². The number of halogens is 1. The number of carbonyl (C=O) groups is 1. The zero-order valence-corrected chi connectivity index (χ0v) is 10.3. The third-order valence-corrected chi connectivity index (χ3v) is 2.82. The summed E-state index contributed by atoms with van der Waals surface area (Å²) < 4.78 is 13.5. The van der Waals surface area contributed by atoms with Crippen molar-refractivity contribution in [3.05, 3.63) is 45.1 Å². The normalized spacial score (nSPS) is 13.5.